The van der Waals surface area contributed by atoms with Crippen molar-refractivity contribution < 1.29 is 0 Å². The predicted molar refractivity (Wildman–Crippen MR) is 58.8 cm³/mol. The molecular weight excluding hydrogens is 196 g/mol. The van der Waals surface area contributed by atoms with E-state index in [4.69, 9.17) is 0 Å². The molecule has 1 aliphatic rings. The van der Waals surface area contributed by atoms with Gasteiger partial charge < -0.3 is 10.2 Å². The van der Waals surface area contributed by atoms with Gasteiger partial charge in [0.25, 0.3) is 0 Å². The van der Waals surface area contributed by atoms with E-state index in [0.29, 0.717) is 6.04 Å². The molecule has 1 saturated heterocycles. The number of nitrogens with one attached hydrogen (secondary N) is 1. The third-order valence-electron chi connectivity index (χ3n) is 2.53. The lowest BCUT2D eigenvalue weighted by Gasteiger charge is -2.26. The monoisotopic (exact) mass is 212 g/mol. The summed E-state index contributed by atoms with van der Waals surface area (Å²) in [7, 11) is 0. The van der Waals surface area contributed by atoms with Gasteiger partial charge in [0.05, 0.1) is 0 Å². The molecule has 0 radical (unpaired) electrons. The highest BCUT2D eigenvalue weighted by Gasteiger charge is 2.23. The van der Waals surface area contributed by atoms with Crippen molar-refractivity contribution in [3.63, 3.8) is 0 Å². The molecule has 0 saturated carbocycles. The Morgan fingerprint density at radius 3 is 3.21 bits per heavy atom. The first-order valence-corrected chi connectivity index (χ1v) is 6.03. The summed E-state index contributed by atoms with van der Waals surface area (Å²) in [5.74, 6) is 0. The molecule has 0 bridgehead atoms. The van der Waals surface area contributed by atoms with E-state index in [2.05, 4.69) is 27.3 Å². The van der Waals surface area contributed by atoms with Gasteiger partial charge in [0.1, 0.15) is 5.51 Å². The van der Waals surface area contributed by atoms with E-state index >= 15 is 0 Å². The van der Waals surface area contributed by atoms with Gasteiger partial charge in [-0.05, 0) is 19.4 Å². The van der Waals surface area contributed by atoms with Gasteiger partial charge >= 0.3 is 0 Å². The number of anilines is 1. The summed E-state index contributed by atoms with van der Waals surface area (Å²) in [6, 6.07) is 0.614. The molecular formula is C9H16N4S. The lowest BCUT2D eigenvalue weighted by Crippen LogP contribution is -2.37. The molecule has 14 heavy (non-hydrogen) atoms. The van der Waals surface area contributed by atoms with Gasteiger partial charge in [-0.3, -0.25) is 0 Å². The minimum Gasteiger partial charge on any atom is -0.342 e. The molecule has 1 aromatic heterocycles. The molecule has 0 aliphatic carbocycles. The third-order valence-corrected chi connectivity index (χ3v) is 3.26. The Morgan fingerprint density at radius 1 is 1.71 bits per heavy atom. The summed E-state index contributed by atoms with van der Waals surface area (Å²) in [6.07, 6.45) is 2.38. The normalized spacial score (nSPS) is 21.4. The van der Waals surface area contributed by atoms with Crippen LogP contribution in [0.2, 0.25) is 0 Å². The van der Waals surface area contributed by atoms with E-state index in [1.54, 1.807) is 16.8 Å². The number of aromatic nitrogens is 2. The van der Waals surface area contributed by atoms with E-state index < -0.39 is 0 Å². The largest absolute Gasteiger partial charge is 0.342 e. The zero-order valence-corrected chi connectivity index (χ0v) is 9.26. The number of nitrogens with zero attached hydrogens (tertiary/aromatic N) is 3. The second-order valence-electron chi connectivity index (χ2n) is 3.56. The highest BCUT2D eigenvalue weighted by Crippen LogP contribution is 2.21. The van der Waals surface area contributed by atoms with Crippen LogP contribution in [0.5, 0.6) is 0 Å². The SMILES string of the molecule is CCCN(c1nncs1)C1CCNC1. The molecule has 0 aromatic carbocycles. The third kappa shape index (κ3) is 2.04. The quantitative estimate of drug-likeness (QED) is 0.812. The molecule has 0 amide bonds. The Labute approximate surface area is 88.3 Å². The van der Waals surface area contributed by atoms with Gasteiger partial charge in [0.2, 0.25) is 5.13 Å². The number of hydrogen-bond donors (Lipinski definition) is 1. The van der Waals surface area contributed by atoms with E-state index in [1.807, 2.05) is 0 Å². The molecule has 0 spiro atoms. The van der Waals surface area contributed by atoms with Crippen LogP contribution in [0.4, 0.5) is 5.13 Å². The molecule has 5 heteroatoms. The van der Waals surface area contributed by atoms with Gasteiger partial charge in [0, 0.05) is 19.1 Å². The van der Waals surface area contributed by atoms with Crippen molar-refractivity contribution in [2.45, 2.75) is 25.8 Å². The Morgan fingerprint density at radius 2 is 2.64 bits per heavy atom. The first-order chi connectivity index (χ1) is 6.92. The zero-order chi connectivity index (χ0) is 9.80. The van der Waals surface area contributed by atoms with Crippen LogP contribution in [0.3, 0.4) is 0 Å². The van der Waals surface area contributed by atoms with Gasteiger partial charge in [0.15, 0.2) is 0 Å². The van der Waals surface area contributed by atoms with E-state index in [0.717, 1.165) is 31.2 Å². The predicted octanol–water partition coefficient (Wildman–Crippen LogP) is 1.12. The molecule has 4 nitrogen and oxygen atoms in total. The summed E-state index contributed by atoms with van der Waals surface area (Å²) in [5.41, 5.74) is 1.81. The van der Waals surface area contributed by atoms with Crippen LogP contribution in [-0.4, -0.2) is 35.9 Å². The lowest BCUT2D eigenvalue weighted by molar-refractivity contribution is 0.621. The minimum atomic E-state index is 0.614. The lowest BCUT2D eigenvalue weighted by atomic mass is 10.2. The first kappa shape index (κ1) is 9.86. The zero-order valence-electron chi connectivity index (χ0n) is 8.44. The molecule has 2 rings (SSSR count). The Balaban J connectivity index is 2.06. The highest BCUT2D eigenvalue weighted by molar-refractivity contribution is 7.13. The second-order valence-corrected chi connectivity index (χ2v) is 4.37. The maximum absolute atomic E-state index is 4.15. The van der Waals surface area contributed by atoms with Crippen molar-refractivity contribution in [3.8, 4) is 0 Å². The average Bonchev–Trinajstić information content (AvgIpc) is 2.87. The fourth-order valence-corrected chi connectivity index (χ4v) is 2.53. The summed E-state index contributed by atoms with van der Waals surface area (Å²) < 4.78 is 0. The van der Waals surface area contributed by atoms with Crippen molar-refractivity contribution in [3.05, 3.63) is 5.51 Å². The van der Waals surface area contributed by atoms with Crippen molar-refractivity contribution >= 4 is 16.5 Å². The van der Waals surface area contributed by atoms with E-state index in [1.165, 1.54) is 6.42 Å². The summed E-state index contributed by atoms with van der Waals surface area (Å²) in [6.45, 7) is 5.50. The number of hydrogen-bond acceptors (Lipinski definition) is 5. The van der Waals surface area contributed by atoms with E-state index in [-0.39, 0.29) is 0 Å². The van der Waals surface area contributed by atoms with Crippen LogP contribution in [0.25, 0.3) is 0 Å². The van der Waals surface area contributed by atoms with Crippen LogP contribution in [0.1, 0.15) is 19.8 Å². The van der Waals surface area contributed by atoms with E-state index in [9.17, 15) is 0 Å². The maximum atomic E-state index is 4.15. The topological polar surface area (TPSA) is 41.1 Å². The van der Waals surface area contributed by atoms with Crippen LogP contribution >= 0.6 is 11.3 Å². The first-order valence-electron chi connectivity index (χ1n) is 5.15. The van der Waals surface area contributed by atoms with Crippen LogP contribution < -0.4 is 10.2 Å². The van der Waals surface area contributed by atoms with Crippen molar-refractivity contribution in [2.24, 2.45) is 0 Å². The van der Waals surface area contributed by atoms with Crippen molar-refractivity contribution in [2.75, 3.05) is 24.5 Å². The Bertz CT molecular complexity index is 256. The minimum absolute atomic E-state index is 0.614. The summed E-state index contributed by atoms with van der Waals surface area (Å²) >= 11 is 1.63. The molecule has 2 heterocycles. The van der Waals surface area contributed by atoms with Crippen molar-refractivity contribution in [1.82, 2.24) is 15.5 Å². The fraction of sp³-hybridized carbons (Fsp3) is 0.778. The maximum Gasteiger partial charge on any atom is 0.208 e. The van der Waals surface area contributed by atoms with Gasteiger partial charge in [-0.15, -0.1) is 10.2 Å². The van der Waals surface area contributed by atoms with Gasteiger partial charge in [-0.25, -0.2) is 0 Å². The van der Waals surface area contributed by atoms with Crippen LogP contribution in [0.15, 0.2) is 5.51 Å². The average molecular weight is 212 g/mol. The van der Waals surface area contributed by atoms with Gasteiger partial charge in [-0.1, -0.05) is 18.3 Å². The number of rotatable bonds is 4. The molecule has 1 atom stereocenters. The standard InChI is InChI=1S/C9H16N4S/c1-2-5-13(8-3-4-10-6-8)9-12-11-7-14-9/h7-8,10H,2-6H2,1H3. The van der Waals surface area contributed by atoms with Crippen molar-refractivity contribution in [1.29, 1.82) is 0 Å². The van der Waals surface area contributed by atoms with Crippen LogP contribution in [0, 0.1) is 0 Å². The summed E-state index contributed by atoms with van der Waals surface area (Å²) in [4.78, 5) is 2.39. The Hall–Kier alpha value is -0.680. The molecule has 1 N–H and O–H groups in total. The molecule has 78 valence electrons. The molecule has 1 aliphatic heterocycles. The molecule has 1 aromatic rings. The summed E-state index contributed by atoms with van der Waals surface area (Å²) in [5, 5.41) is 12.5. The molecule has 1 unspecified atom stereocenters. The molecule has 1 fully saturated rings. The second kappa shape index (κ2) is 4.70. The smallest absolute Gasteiger partial charge is 0.208 e. The Kier molecular flexibility index (Phi) is 3.31. The highest BCUT2D eigenvalue weighted by atomic mass is 32.1. The van der Waals surface area contributed by atoms with Crippen LogP contribution in [-0.2, 0) is 0 Å². The fourth-order valence-electron chi connectivity index (χ4n) is 1.87. The van der Waals surface area contributed by atoms with Gasteiger partial charge in [-0.2, -0.15) is 0 Å².